The molecule has 7 heteroatoms. The summed E-state index contributed by atoms with van der Waals surface area (Å²) in [6, 6.07) is 13.1. The lowest BCUT2D eigenvalue weighted by molar-refractivity contribution is -0.137. The second-order valence-corrected chi connectivity index (χ2v) is 9.56. The highest BCUT2D eigenvalue weighted by molar-refractivity contribution is 7.80. The molecular formula is C25H28FN3O2S. The molecule has 2 aromatic rings. The summed E-state index contributed by atoms with van der Waals surface area (Å²) in [6.07, 6.45) is 2.81. The third-order valence-electron chi connectivity index (χ3n) is 7.18. The Morgan fingerprint density at radius 3 is 2.50 bits per heavy atom. The van der Waals surface area contributed by atoms with E-state index >= 15 is 0 Å². The molecule has 0 aromatic heterocycles. The Hall–Kier alpha value is -2.22. The molecule has 2 unspecified atom stereocenters. The normalized spacial score (nSPS) is 25.1. The second kappa shape index (κ2) is 8.96. The van der Waals surface area contributed by atoms with Crippen LogP contribution in [0.15, 0.2) is 42.5 Å². The number of halogens is 1. The lowest BCUT2D eigenvalue weighted by Crippen LogP contribution is -2.51. The van der Waals surface area contributed by atoms with Crippen molar-refractivity contribution in [3.8, 4) is 0 Å². The van der Waals surface area contributed by atoms with Crippen molar-refractivity contribution in [3.63, 3.8) is 0 Å². The van der Waals surface area contributed by atoms with Crippen LogP contribution in [-0.4, -0.2) is 40.7 Å². The van der Waals surface area contributed by atoms with Gasteiger partial charge in [-0.25, -0.2) is 4.39 Å². The van der Waals surface area contributed by atoms with E-state index in [4.69, 9.17) is 12.6 Å². The van der Waals surface area contributed by atoms with E-state index in [-0.39, 0.29) is 35.0 Å². The van der Waals surface area contributed by atoms with Gasteiger partial charge in [-0.2, -0.15) is 12.6 Å². The number of carbonyl (C=O) groups excluding carboxylic acids is 2. The number of nitrogens with zero attached hydrogens (tertiary/aromatic N) is 2. The van der Waals surface area contributed by atoms with Crippen LogP contribution in [-0.2, 0) is 22.7 Å². The first-order chi connectivity index (χ1) is 15.5. The Morgan fingerprint density at radius 2 is 1.75 bits per heavy atom. The largest absolute Gasteiger partial charge is 0.299 e. The standard InChI is InChI=1S/C25H28FN3O2S/c26-21-7-2-1-5-18(21)16-10-12-28(13-11-16)14-17-4-3-6-19-20(17)15-29(25(19)32)22-8-9-23(30)27-24(22)31/h1-7,16,22,25,32H,8-15H2,(H,27,30,31). The van der Waals surface area contributed by atoms with Gasteiger partial charge in [-0.15, -0.1) is 0 Å². The predicted octanol–water partition coefficient (Wildman–Crippen LogP) is 3.75. The molecule has 3 heterocycles. The third-order valence-corrected chi connectivity index (χ3v) is 7.75. The van der Waals surface area contributed by atoms with Crippen LogP contribution in [0.4, 0.5) is 4.39 Å². The molecule has 2 aromatic carbocycles. The predicted molar refractivity (Wildman–Crippen MR) is 124 cm³/mol. The Labute approximate surface area is 193 Å². The van der Waals surface area contributed by atoms with Gasteiger partial charge in [0.15, 0.2) is 0 Å². The lowest BCUT2D eigenvalue weighted by Gasteiger charge is -2.33. The van der Waals surface area contributed by atoms with Gasteiger partial charge in [-0.3, -0.25) is 24.7 Å². The highest BCUT2D eigenvalue weighted by atomic mass is 32.1. The molecule has 5 nitrogen and oxygen atoms in total. The minimum absolute atomic E-state index is 0.0970. The zero-order valence-electron chi connectivity index (χ0n) is 18.0. The Bertz CT molecular complexity index is 1040. The molecule has 0 bridgehead atoms. The highest BCUT2D eigenvalue weighted by Gasteiger charge is 2.39. The first-order valence-electron chi connectivity index (χ1n) is 11.4. The van der Waals surface area contributed by atoms with Gasteiger partial charge in [0, 0.05) is 19.5 Å². The molecule has 5 rings (SSSR count). The number of amides is 2. The minimum atomic E-state index is -0.327. The first-order valence-corrected chi connectivity index (χ1v) is 11.9. The monoisotopic (exact) mass is 453 g/mol. The lowest BCUT2D eigenvalue weighted by atomic mass is 9.89. The van der Waals surface area contributed by atoms with E-state index in [0.29, 0.717) is 19.4 Å². The fourth-order valence-corrected chi connectivity index (χ4v) is 5.90. The van der Waals surface area contributed by atoms with Crippen LogP contribution in [0.5, 0.6) is 0 Å². The minimum Gasteiger partial charge on any atom is -0.299 e. The van der Waals surface area contributed by atoms with Crippen molar-refractivity contribution < 1.29 is 14.0 Å². The van der Waals surface area contributed by atoms with Crippen molar-refractivity contribution in [2.24, 2.45) is 0 Å². The van der Waals surface area contributed by atoms with Gasteiger partial charge in [0.2, 0.25) is 11.8 Å². The molecule has 168 valence electrons. The molecule has 2 amide bonds. The van der Waals surface area contributed by atoms with Crippen molar-refractivity contribution in [2.45, 2.75) is 56.1 Å². The number of likely N-dealkylation sites (tertiary alicyclic amines) is 1. The second-order valence-electron chi connectivity index (χ2n) is 9.07. The molecule has 32 heavy (non-hydrogen) atoms. The molecule has 0 radical (unpaired) electrons. The fraction of sp³-hybridized carbons (Fsp3) is 0.440. The summed E-state index contributed by atoms with van der Waals surface area (Å²) >= 11 is 4.83. The van der Waals surface area contributed by atoms with Gasteiger partial charge in [-0.1, -0.05) is 36.4 Å². The summed E-state index contributed by atoms with van der Waals surface area (Å²) in [5.41, 5.74) is 4.50. The molecule has 0 aliphatic carbocycles. The number of piperidine rings is 2. The van der Waals surface area contributed by atoms with Crippen molar-refractivity contribution in [3.05, 3.63) is 70.5 Å². The van der Waals surface area contributed by atoms with E-state index in [9.17, 15) is 14.0 Å². The molecule has 2 atom stereocenters. The smallest absolute Gasteiger partial charge is 0.243 e. The van der Waals surface area contributed by atoms with Crippen molar-refractivity contribution >= 4 is 24.4 Å². The van der Waals surface area contributed by atoms with Gasteiger partial charge in [0.25, 0.3) is 0 Å². The van der Waals surface area contributed by atoms with E-state index in [1.54, 1.807) is 12.1 Å². The molecule has 3 aliphatic heterocycles. The van der Waals surface area contributed by atoms with Crippen molar-refractivity contribution in [1.29, 1.82) is 0 Å². The van der Waals surface area contributed by atoms with Crippen LogP contribution in [0, 0.1) is 5.82 Å². The van der Waals surface area contributed by atoms with Crippen LogP contribution in [0.3, 0.4) is 0 Å². The van der Waals surface area contributed by atoms with Crippen LogP contribution in [0.2, 0.25) is 0 Å². The summed E-state index contributed by atoms with van der Waals surface area (Å²) < 4.78 is 14.2. The first kappa shape index (κ1) is 21.6. The van der Waals surface area contributed by atoms with Crippen molar-refractivity contribution in [2.75, 3.05) is 13.1 Å². The maximum absolute atomic E-state index is 14.2. The fourth-order valence-electron chi connectivity index (χ4n) is 5.41. The highest BCUT2D eigenvalue weighted by Crippen LogP contribution is 2.41. The topological polar surface area (TPSA) is 52.7 Å². The summed E-state index contributed by atoms with van der Waals surface area (Å²) in [5, 5.41) is 2.31. The SMILES string of the molecule is O=C1CCC(N2Cc3c(CN4CCC(c5ccccc5F)CC4)cccc3C2S)C(=O)N1. The summed E-state index contributed by atoms with van der Waals surface area (Å²) in [5.74, 6) is -0.234. The third kappa shape index (κ3) is 4.09. The average Bonchev–Trinajstić information content (AvgIpc) is 3.12. The summed E-state index contributed by atoms with van der Waals surface area (Å²) in [7, 11) is 0. The van der Waals surface area contributed by atoms with Crippen molar-refractivity contribution in [1.82, 2.24) is 15.1 Å². The maximum atomic E-state index is 14.2. The average molecular weight is 454 g/mol. The number of rotatable bonds is 4. The molecule has 0 spiro atoms. The maximum Gasteiger partial charge on any atom is 0.243 e. The van der Waals surface area contributed by atoms with Gasteiger partial charge >= 0.3 is 0 Å². The molecule has 1 N–H and O–H groups in total. The Balaban J connectivity index is 1.26. The number of hydrogen-bond acceptors (Lipinski definition) is 5. The van der Waals surface area contributed by atoms with Crippen LogP contribution in [0.1, 0.15) is 59.2 Å². The number of hydrogen-bond donors (Lipinski definition) is 2. The summed E-state index contributed by atoms with van der Waals surface area (Å²) in [4.78, 5) is 28.5. The molecular weight excluding hydrogens is 425 g/mol. The summed E-state index contributed by atoms with van der Waals surface area (Å²) in [6.45, 7) is 3.38. The van der Waals surface area contributed by atoms with E-state index in [2.05, 4.69) is 33.3 Å². The van der Waals surface area contributed by atoms with Gasteiger partial charge < -0.3 is 0 Å². The van der Waals surface area contributed by atoms with Crippen LogP contribution in [0.25, 0.3) is 0 Å². The van der Waals surface area contributed by atoms with Gasteiger partial charge in [0.1, 0.15) is 5.82 Å². The molecule has 2 fully saturated rings. The quantitative estimate of drug-likeness (QED) is 0.547. The van der Waals surface area contributed by atoms with E-state index in [0.717, 1.165) is 43.6 Å². The zero-order valence-corrected chi connectivity index (χ0v) is 18.9. The van der Waals surface area contributed by atoms with Gasteiger partial charge in [-0.05, 0) is 66.6 Å². The number of thiol groups is 1. The van der Waals surface area contributed by atoms with Crippen LogP contribution < -0.4 is 5.32 Å². The number of imide groups is 1. The number of fused-ring (bicyclic) bond motifs is 1. The van der Waals surface area contributed by atoms with E-state index < -0.39 is 0 Å². The van der Waals surface area contributed by atoms with E-state index in [1.165, 1.54) is 11.1 Å². The number of carbonyl (C=O) groups is 2. The number of nitrogens with one attached hydrogen (secondary N) is 1. The zero-order chi connectivity index (χ0) is 22.2. The van der Waals surface area contributed by atoms with Crippen LogP contribution >= 0.6 is 12.6 Å². The van der Waals surface area contributed by atoms with E-state index in [1.807, 2.05) is 12.1 Å². The molecule has 0 saturated carbocycles. The molecule has 3 aliphatic rings. The Morgan fingerprint density at radius 1 is 1.00 bits per heavy atom. The van der Waals surface area contributed by atoms with Gasteiger partial charge in [0.05, 0.1) is 11.4 Å². The number of benzene rings is 2. The Kier molecular flexibility index (Phi) is 6.05. The molecule has 2 saturated heterocycles.